The second kappa shape index (κ2) is 19.0. The first-order chi connectivity index (χ1) is 28.0. The van der Waals surface area contributed by atoms with Crippen LogP contribution < -0.4 is 30.6 Å². The van der Waals surface area contributed by atoms with Gasteiger partial charge >= 0.3 is 5.76 Å². The molecule has 316 valence electrons. The number of primary amides is 1. The first-order valence-corrected chi connectivity index (χ1v) is 20.1. The van der Waals surface area contributed by atoms with Crippen molar-refractivity contribution in [1.29, 1.82) is 0 Å². The van der Waals surface area contributed by atoms with Gasteiger partial charge in [-0.25, -0.2) is 17.8 Å². The largest absolute Gasteiger partial charge is 0.492 e. The molecule has 3 heterocycles. The maximum atomic E-state index is 13.4. The molecule has 1 aliphatic heterocycles. The Kier molecular flexibility index (Phi) is 14.2. The van der Waals surface area contributed by atoms with Crippen LogP contribution >= 0.6 is 0 Å². The third kappa shape index (κ3) is 11.5. The summed E-state index contributed by atoms with van der Waals surface area (Å²) in [7, 11) is -5.09. The highest BCUT2D eigenvalue weighted by Gasteiger charge is 2.39. The molecule has 2 aromatic carbocycles. The summed E-state index contributed by atoms with van der Waals surface area (Å²) in [6.07, 6.45) is 4.74. The zero-order chi connectivity index (χ0) is 42.9. The lowest BCUT2D eigenvalue weighted by Crippen LogP contribution is -2.55. The van der Waals surface area contributed by atoms with Gasteiger partial charge < -0.3 is 35.5 Å². The Balaban J connectivity index is 1.19. The predicted molar refractivity (Wildman–Crippen MR) is 211 cm³/mol. The van der Waals surface area contributed by atoms with Gasteiger partial charge in [-0.05, 0) is 73.1 Å². The van der Waals surface area contributed by atoms with Gasteiger partial charge in [-0.2, -0.15) is 13.9 Å². The number of aromatic amines is 1. The maximum Gasteiger partial charge on any atom is 0.355 e. The van der Waals surface area contributed by atoms with Crippen molar-refractivity contribution in [3.05, 3.63) is 77.7 Å². The molecule has 2 atom stereocenters. The number of pyridine rings is 1. The van der Waals surface area contributed by atoms with E-state index >= 15 is 0 Å². The Hall–Kier alpha value is -6.18. The molecule has 0 aliphatic carbocycles. The van der Waals surface area contributed by atoms with E-state index in [0.29, 0.717) is 37.1 Å². The summed E-state index contributed by atoms with van der Waals surface area (Å²) in [5.41, 5.74) is 5.53. The molecule has 6 N–H and O–H groups in total. The van der Waals surface area contributed by atoms with Crippen LogP contribution in [0.1, 0.15) is 68.8 Å². The van der Waals surface area contributed by atoms with E-state index in [9.17, 15) is 40.8 Å². The van der Waals surface area contributed by atoms with Gasteiger partial charge in [0.1, 0.15) is 47.6 Å². The van der Waals surface area contributed by atoms with Gasteiger partial charge in [-0.15, -0.1) is 0 Å². The normalized spacial score (nSPS) is 14.8. The summed E-state index contributed by atoms with van der Waals surface area (Å²) in [4.78, 5) is 56.0. The SMILES string of the molecule is CC(C)(C)C(NC(=O)CCCCOc1ccc(Nc2n[nH]c(-c3ccc(NS(=O)(=O)C(F)F)c(OCc4ccc(F)cc4)c3)c2C(N)=O)nc1)C(=O)N1CCCC1C=O. The lowest BCUT2D eigenvalue weighted by molar-refractivity contribution is -0.141. The summed E-state index contributed by atoms with van der Waals surface area (Å²) in [5, 5.41) is 12.6. The molecule has 16 nitrogen and oxygen atoms in total. The monoisotopic (exact) mass is 842 g/mol. The van der Waals surface area contributed by atoms with Gasteiger partial charge in [0.05, 0.1) is 30.2 Å². The van der Waals surface area contributed by atoms with E-state index in [1.165, 1.54) is 42.6 Å². The molecule has 1 saturated heterocycles. The topological polar surface area (TPSA) is 228 Å². The second-order valence-electron chi connectivity index (χ2n) is 14.8. The molecule has 1 fully saturated rings. The van der Waals surface area contributed by atoms with Crippen molar-refractivity contribution in [1.82, 2.24) is 25.4 Å². The second-order valence-corrected chi connectivity index (χ2v) is 16.4. The van der Waals surface area contributed by atoms with Crippen LogP contribution in [0, 0.1) is 11.2 Å². The Labute approximate surface area is 338 Å². The molecule has 3 amide bonds. The van der Waals surface area contributed by atoms with Crippen LogP contribution in [0.3, 0.4) is 0 Å². The van der Waals surface area contributed by atoms with Crippen molar-refractivity contribution in [2.45, 2.75) is 77.3 Å². The molecule has 4 aromatic rings. The number of amides is 3. The van der Waals surface area contributed by atoms with Crippen molar-refractivity contribution < 1.29 is 50.2 Å². The molecule has 59 heavy (non-hydrogen) atoms. The smallest absolute Gasteiger partial charge is 0.355 e. The number of sulfonamides is 1. The minimum Gasteiger partial charge on any atom is -0.492 e. The Morgan fingerprint density at radius 1 is 1.07 bits per heavy atom. The van der Waals surface area contributed by atoms with E-state index < -0.39 is 45.0 Å². The number of nitrogens with two attached hydrogens (primary N) is 1. The highest BCUT2D eigenvalue weighted by Crippen LogP contribution is 2.36. The molecule has 0 spiro atoms. The molecule has 5 rings (SSSR count). The van der Waals surface area contributed by atoms with Crippen molar-refractivity contribution in [2.75, 3.05) is 23.2 Å². The van der Waals surface area contributed by atoms with Crippen molar-refractivity contribution in [3.63, 3.8) is 0 Å². The van der Waals surface area contributed by atoms with Crippen LogP contribution in [0.2, 0.25) is 0 Å². The molecule has 0 saturated carbocycles. The van der Waals surface area contributed by atoms with Crippen molar-refractivity contribution in [2.24, 2.45) is 11.1 Å². The van der Waals surface area contributed by atoms with Gasteiger partial charge in [0.15, 0.2) is 5.82 Å². The minimum atomic E-state index is -5.09. The van der Waals surface area contributed by atoms with Crippen LogP contribution in [0.4, 0.5) is 30.5 Å². The van der Waals surface area contributed by atoms with E-state index in [4.69, 9.17) is 15.2 Å². The number of benzene rings is 2. The number of nitrogens with one attached hydrogen (secondary N) is 4. The van der Waals surface area contributed by atoms with E-state index in [2.05, 4.69) is 25.8 Å². The molecule has 2 aromatic heterocycles. The van der Waals surface area contributed by atoms with Gasteiger partial charge in [0, 0.05) is 18.5 Å². The molecular weight excluding hydrogens is 798 g/mol. The summed E-state index contributed by atoms with van der Waals surface area (Å²) < 4.78 is 77.1. The van der Waals surface area contributed by atoms with Gasteiger partial charge in [-0.3, -0.25) is 24.2 Å². The average Bonchev–Trinajstić information content (AvgIpc) is 3.84. The Morgan fingerprint density at radius 3 is 2.46 bits per heavy atom. The number of H-pyrrole nitrogens is 1. The number of rotatable bonds is 19. The highest BCUT2D eigenvalue weighted by molar-refractivity contribution is 7.93. The first kappa shape index (κ1) is 43.9. The van der Waals surface area contributed by atoms with E-state index in [1.54, 1.807) is 21.8 Å². The first-order valence-electron chi connectivity index (χ1n) is 18.6. The number of nitrogens with zero attached hydrogens (tertiary/aromatic N) is 3. The predicted octanol–water partition coefficient (Wildman–Crippen LogP) is 5.27. The number of aromatic nitrogens is 3. The van der Waals surface area contributed by atoms with Crippen LogP contribution in [0.25, 0.3) is 11.3 Å². The Bertz CT molecular complexity index is 2230. The van der Waals surface area contributed by atoms with Gasteiger partial charge in [0.2, 0.25) is 11.8 Å². The number of carbonyl (C=O) groups is 4. The molecule has 0 radical (unpaired) electrons. The van der Waals surface area contributed by atoms with Gasteiger partial charge in [-0.1, -0.05) is 39.0 Å². The average molecular weight is 843 g/mol. The van der Waals surface area contributed by atoms with E-state index in [0.717, 1.165) is 18.8 Å². The van der Waals surface area contributed by atoms with Crippen LogP contribution in [-0.4, -0.2) is 83.5 Å². The number of hydrogen-bond acceptors (Lipinski definition) is 11. The minimum absolute atomic E-state index is 0.0115. The third-order valence-electron chi connectivity index (χ3n) is 9.28. The quantitative estimate of drug-likeness (QED) is 0.0604. The number of ether oxygens (including phenoxy) is 2. The van der Waals surface area contributed by atoms with Crippen molar-refractivity contribution in [3.8, 4) is 22.8 Å². The summed E-state index contributed by atoms with van der Waals surface area (Å²) in [6, 6.07) is 10.9. The lowest BCUT2D eigenvalue weighted by Gasteiger charge is -2.34. The summed E-state index contributed by atoms with van der Waals surface area (Å²) >= 11 is 0. The van der Waals surface area contributed by atoms with E-state index in [1.807, 2.05) is 20.8 Å². The standard InChI is InChI=1S/C39H45F3N8O8S/c1-39(2,3)34(37(54)50-17-6-7-26(50)21-51)46-31(52)8-4-5-18-57-27-14-16-30(44-20-27)45-36-32(35(43)53)33(47-48-36)24-11-15-28(49-59(55,56)38(41)42)29(19-24)58-22-23-9-12-25(40)13-10-23/h9-16,19-21,26,34,38,49H,4-8,17-18,22H2,1-3H3,(H2,43,53)(H,46,52)(H2,44,45,47,48). The van der Waals surface area contributed by atoms with Crippen LogP contribution in [0.5, 0.6) is 11.5 Å². The molecular formula is C39H45F3N8O8S. The number of halogens is 3. The summed E-state index contributed by atoms with van der Waals surface area (Å²) in [6.45, 7) is 6.14. The number of carbonyl (C=O) groups excluding carboxylic acids is 4. The number of likely N-dealkylation sites (tertiary alicyclic amines) is 1. The fourth-order valence-electron chi connectivity index (χ4n) is 6.20. The fourth-order valence-corrected chi connectivity index (χ4v) is 6.76. The van der Waals surface area contributed by atoms with Gasteiger partial charge in [0.25, 0.3) is 15.9 Å². The summed E-state index contributed by atoms with van der Waals surface area (Å²) in [5.74, 6) is -5.20. The molecule has 1 aliphatic rings. The molecule has 2 unspecified atom stereocenters. The Morgan fingerprint density at radius 2 is 1.81 bits per heavy atom. The lowest BCUT2D eigenvalue weighted by atomic mass is 9.85. The zero-order valence-corrected chi connectivity index (χ0v) is 33.3. The number of alkyl halides is 2. The molecule has 0 bridgehead atoms. The number of aldehydes is 1. The van der Waals surface area contributed by atoms with Crippen LogP contribution in [0.15, 0.2) is 60.8 Å². The third-order valence-corrected chi connectivity index (χ3v) is 10.3. The number of hydrogen-bond donors (Lipinski definition) is 5. The molecule has 20 heteroatoms. The van der Waals surface area contributed by atoms with Crippen molar-refractivity contribution >= 4 is 51.4 Å². The number of unbranched alkanes of at least 4 members (excludes halogenated alkanes) is 1. The number of anilines is 3. The van der Waals surface area contributed by atoms with E-state index in [-0.39, 0.29) is 71.3 Å². The highest BCUT2D eigenvalue weighted by atomic mass is 32.2. The maximum absolute atomic E-state index is 13.4. The fraction of sp³-hybridized carbons (Fsp3) is 0.385. The van der Waals surface area contributed by atoms with Crippen LogP contribution in [-0.2, 0) is 31.0 Å². The zero-order valence-electron chi connectivity index (χ0n) is 32.5.